The highest BCUT2D eigenvalue weighted by molar-refractivity contribution is 6.10. The highest BCUT2D eigenvalue weighted by atomic mass is 16.5. The van der Waals surface area contributed by atoms with E-state index >= 15 is 0 Å². The molecule has 4 nitrogen and oxygen atoms in total. The molecule has 0 saturated carbocycles. The number of benzene rings is 1. The van der Waals surface area contributed by atoms with Gasteiger partial charge < -0.3 is 9.15 Å². The standard InChI is InChI=1S/C14H12O4/c1-9-11(8-18-13(9)14(16)17-2)12(15)10-6-4-3-5-7-10/h3-8H,1-2H3. The normalized spacial score (nSPS) is 10.1. The monoisotopic (exact) mass is 244 g/mol. The van der Waals surface area contributed by atoms with Gasteiger partial charge in [0.2, 0.25) is 5.76 Å². The average molecular weight is 244 g/mol. The van der Waals surface area contributed by atoms with Gasteiger partial charge in [0, 0.05) is 11.1 Å². The molecule has 0 aliphatic carbocycles. The smallest absolute Gasteiger partial charge is 0.374 e. The van der Waals surface area contributed by atoms with Crippen LogP contribution >= 0.6 is 0 Å². The summed E-state index contributed by atoms with van der Waals surface area (Å²) in [5, 5.41) is 0. The van der Waals surface area contributed by atoms with Crippen molar-refractivity contribution in [3.8, 4) is 0 Å². The Morgan fingerprint density at radius 3 is 2.44 bits per heavy atom. The number of hydrogen-bond donors (Lipinski definition) is 0. The highest BCUT2D eigenvalue weighted by Gasteiger charge is 2.22. The van der Waals surface area contributed by atoms with Crippen LogP contribution in [0.3, 0.4) is 0 Å². The van der Waals surface area contributed by atoms with Crippen molar-refractivity contribution in [1.29, 1.82) is 0 Å². The maximum atomic E-state index is 12.2. The Balaban J connectivity index is 2.39. The number of rotatable bonds is 3. The van der Waals surface area contributed by atoms with E-state index in [2.05, 4.69) is 4.74 Å². The minimum Gasteiger partial charge on any atom is -0.463 e. The maximum absolute atomic E-state index is 12.2. The first-order valence-electron chi connectivity index (χ1n) is 5.41. The molecule has 2 rings (SSSR count). The van der Waals surface area contributed by atoms with Crippen LogP contribution in [0.15, 0.2) is 41.0 Å². The van der Waals surface area contributed by atoms with Gasteiger partial charge in [-0.1, -0.05) is 30.3 Å². The van der Waals surface area contributed by atoms with Crippen LogP contribution in [-0.2, 0) is 4.74 Å². The highest BCUT2D eigenvalue weighted by Crippen LogP contribution is 2.20. The summed E-state index contributed by atoms with van der Waals surface area (Å²) in [6, 6.07) is 8.83. The molecule has 0 unspecified atom stereocenters. The average Bonchev–Trinajstić information content (AvgIpc) is 2.80. The first kappa shape index (κ1) is 12.1. The molecule has 92 valence electrons. The molecule has 0 N–H and O–H groups in total. The summed E-state index contributed by atoms with van der Waals surface area (Å²) < 4.78 is 9.67. The molecule has 4 heteroatoms. The molecule has 1 heterocycles. The minimum absolute atomic E-state index is 0.0665. The fraction of sp³-hybridized carbons (Fsp3) is 0.143. The summed E-state index contributed by atoms with van der Waals surface area (Å²) >= 11 is 0. The van der Waals surface area contributed by atoms with Crippen molar-refractivity contribution < 1.29 is 18.7 Å². The van der Waals surface area contributed by atoms with Crippen LogP contribution in [0, 0.1) is 6.92 Å². The third-order valence-electron chi connectivity index (χ3n) is 2.69. The predicted octanol–water partition coefficient (Wildman–Crippen LogP) is 2.61. The maximum Gasteiger partial charge on any atom is 0.374 e. The summed E-state index contributed by atoms with van der Waals surface area (Å²) in [5.74, 6) is -0.691. The molecular formula is C14H12O4. The van der Waals surface area contributed by atoms with Gasteiger partial charge in [0.25, 0.3) is 0 Å². The van der Waals surface area contributed by atoms with Crippen LogP contribution in [0.4, 0.5) is 0 Å². The number of carbonyl (C=O) groups excluding carboxylic acids is 2. The lowest BCUT2D eigenvalue weighted by Crippen LogP contribution is -2.05. The van der Waals surface area contributed by atoms with E-state index in [1.165, 1.54) is 13.4 Å². The Kier molecular flexibility index (Phi) is 3.28. The lowest BCUT2D eigenvalue weighted by Gasteiger charge is -1.99. The zero-order chi connectivity index (χ0) is 13.1. The molecule has 2 aromatic rings. The van der Waals surface area contributed by atoms with Gasteiger partial charge in [0.05, 0.1) is 12.7 Å². The van der Waals surface area contributed by atoms with E-state index in [-0.39, 0.29) is 11.5 Å². The van der Waals surface area contributed by atoms with Crippen LogP contribution in [0.2, 0.25) is 0 Å². The van der Waals surface area contributed by atoms with Crippen LogP contribution in [0.25, 0.3) is 0 Å². The number of carbonyl (C=O) groups is 2. The second kappa shape index (κ2) is 4.87. The molecule has 0 saturated heterocycles. The fourth-order valence-corrected chi connectivity index (χ4v) is 1.68. The van der Waals surface area contributed by atoms with Crippen molar-refractivity contribution in [2.24, 2.45) is 0 Å². The molecule has 1 aromatic carbocycles. The van der Waals surface area contributed by atoms with E-state index < -0.39 is 5.97 Å². The molecule has 0 amide bonds. The van der Waals surface area contributed by atoms with Crippen molar-refractivity contribution in [2.45, 2.75) is 6.92 Å². The van der Waals surface area contributed by atoms with Crippen molar-refractivity contribution >= 4 is 11.8 Å². The SMILES string of the molecule is COC(=O)c1occ(C(=O)c2ccccc2)c1C. The lowest BCUT2D eigenvalue weighted by molar-refractivity contribution is 0.0564. The van der Waals surface area contributed by atoms with Crippen LogP contribution < -0.4 is 0 Å². The fourth-order valence-electron chi connectivity index (χ4n) is 1.68. The predicted molar refractivity (Wildman–Crippen MR) is 64.7 cm³/mol. The Morgan fingerprint density at radius 2 is 1.83 bits per heavy atom. The summed E-state index contributed by atoms with van der Waals surface area (Å²) in [4.78, 5) is 23.6. The Labute approximate surface area is 104 Å². The number of esters is 1. The van der Waals surface area contributed by atoms with Gasteiger partial charge in [-0.3, -0.25) is 4.79 Å². The van der Waals surface area contributed by atoms with E-state index in [1.807, 2.05) is 6.07 Å². The van der Waals surface area contributed by atoms with Crippen molar-refractivity contribution in [3.63, 3.8) is 0 Å². The van der Waals surface area contributed by atoms with Gasteiger partial charge in [-0.25, -0.2) is 4.79 Å². The molecule has 0 fully saturated rings. The largest absolute Gasteiger partial charge is 0.463 e. The van der Waals surface area contributed by atoms with E-state index in [1.54, 1.807) is 31.2 Å². The zero-order valence-electron chi connectivity index (χ0n) is 10.1. The molecule has 0 aliphatic rings. The molecule has 0 aliphatic heterocycles. The van der Waals surface area contributed by atoms with Gasteiger partial charge in [0.1, 0.15) is 6.26 Å². The summed E-state index contributed by atoms with van der Waals surface area (Å²) in [6.45, 7) is 1.66. The number of hydrogen-bond acceptors (Lipinski definition) is 4. The Morgan fingerprint density at radius 1 is 1.17 bits per heavy atom. The third kappa shape index (κ3) is 2.05. The molecule has 18 heavy (non-hydrogen) atoms. The van der Waals surface area contributed by atoms with Gasteiger partial charge in [-0.05, 0) is 6.92 Å². The van der Waals surface area contributed by atoms with Crippen LogP contribution in [0.5, 0.6) is 0 Å². The lowest BCUT2D eigenvalue weighted by atomic mass is 10.0. The van der Waals surface area contributed by atoms with E-state index in [4.69, 9.17) is 4.42 Å². The molecule has 0 atom stereocenters. The van der Waals surface area contributed by atoms with Gasteiger partial charge >= 0.3 is 5.97 Å². The van der Waals surface area contributed by atoms with Crippen molar-refractivity contribution in [2.75, 3.05) is 7.11 Å². The van der Waals surface area contributed by atoms with E-state index in [0.717, 1.165) is 0 Å². The molecule has 0 spiro atoms. The minimum atomic E-state index is -0.584. The van der Waals surface area contributed by atoms with Gasteiger partial charge in [-0.15, -0.1) is 0 Å². The third-order valence-corrected chi connectivity index (χ3v) is 2.69. The van der Waals surface area contributed by atoms with Crippen molar-refractivity contribution in [1.82, 2.24) is 0 Å². The Bertz CT molecular complexity index is 581. The first-order valence-corrected chi connectivity index (χ1v) is 5.41. The number of ether oxygens (including phenoxy) is 1. The molecular weight excluding hydrogens is 232 g/mol. The first-order chi connectivity index (χ1) is 8.65. The quantitative estimate of drug-likeness (QED) is 0.615. The zero-order valence-corrected chi connectivity index (χ0v) is 10.1. The summed E-state index contributed by atoms with van der Waals surface area (Å²) in [5.41, 5.74) is 1.43. The van der Waals surface area contributed by atoms with E-state index in [0.29, 0.717) is 16.7 Å². The second-order valence-electron chi connectivity index (χ2n) is 3.79. The van der Waals surface area contributed by atoms with E-state index in [9.17, 15) is 9.59 Å². The second-order valence-corrected chi connectivity index (χ2v) is 3.79. The molecule has 0 radical (unpaired) electrons. The number of methoxy groups -OCH3 is 1. The summed E-state index contributed by atoms with van der Waals surface area (Å²) in [7, 11) is 1.27. The van der Waals surface area contributed by atoms with Crippen LogP contribution in [0.1, 0.15) is 32.0 Å². The van der Waals surface area contributed by atoms with Crippen LogP contribution in [-0.4, -0.2) is 18.9 Å². The van der Waals surface area contributed by atoms with Crippen molar-refractivity contribution in [3.05, 3.63) is 59.0 Å². The topological polar surface area (TPSA) is 56.5 Å². The van der Waals surface area contributed by atoms with Gasteiger partial charge in [0.15, 0.2) is 5.78 Å². The number of furan rings is 1. The number of ketones is 1. The van der Waals surface area contributed by atoms with Gasteiger partial charge in [-0.2, -0.15) is 0 Å². The molecule has 0 bridgehead atoms. The molecule has 1 aromatic heterocycles. The summed E-state index contributed by atoms with van der Waals surface area (Å²) in [6.07, 6.45) is 1.29. The Hall–Kier alpha value is -2.36.